The number of amides is 2. The van der Waals surface area contributed by atoms with Gasteiger partial charge in [0.2, 0.25) is 16.7 Å². The van der Waals surface area contributed by atoms with Gasteiger partial charge >= 0.3 is 0 Å². The molecule has 0 saturated carbocycles. The van der Waals surface area contributed by atoms with E-state index in [2.05, 4.69) is 40.5 Å². The van der Waals surface area contributed by atoms with E-state index in [0.717, 1.165) is 34.2 Å². The number of anilines is 1. The molecule has 0 radical (unpaired) electrons. The first-order chi connectivity index (χ1) is 20.4. The van der Waals surface area contributed by atoms with Gasteiger partial charge in [-0.1, -0.05) is 5.16 Å². The first-order valence-corrected chi connectivity index (χ1v) is 15.1. The second kappa shape index (κ2) is 11.9. The summed E-state index contributed by atoms with van der Waals surface area (Å²) in [7, 11) is 0. The average Bonchev–Trinajstić information content (AvgIpc) is 3.77. The second-order valence-electron chi connectivity index (χ2n) is 9.15. The van der Waals surface area contributed by atoms with Crippen LogP contribution in [0, 0.1) is 0 Å². The van der Waals surface area contributed by atoms with Crippen molar-refractivity contribution in [2.45, 2.75) is 47.3 Å². The van der Waals surface area contributed by atoms with Crippen molar-refractivity contribution in [1.29, 1.82) is 0 Å². The SMILES string of the molecule is Nc1nc(C(=NOC2=CCCC2)C(=O)NC2C(=O)N3C(C(=O)[O-])=C(C[n+]4ccc(Sc5nn[nH]n5)cc4)CS[C@H]23)ns1. The summed E-state index contributed by atoms with van der Waals surface area (Å²) in [6.45, 7) is 0.220. The smallest absolute Gasteiger partial charge is 0.278 e. The van der Waals surface area contributed by atoms with Crippen LogP contribution in [0.2, 0.25) is 0 Å². The van der Waals surface area contributed by atoms with E-state index in [0.29, 0.717) is 28.7 Å². The lowest BCUT2D eigenvalue weighted by Crippen LogP contribution is -2.71. The zero-order valence-electron chi connectivity index (χ0n) is 21.5. The maximum Gasteiger partial charge on any atom is 0.278 e. The number of H-pyrrole nitrogens is 1. The van der Waals surface area contributed by atoms with Crippen molar-refractivity contribution in [3.8, 4) is 0 Å². The quantitative estimate of drug-likeness (QED) is 0.106. The minimum absolute atomic E-state index is 0.0372. The van der Waals surface area contributed by atoms with Gasteiger partial charge in [0.1, 0.15) is 17.2 Å². The molecule has 3 aliphatic rings. The number of aromatic nitrogens is 7. The standard InChI is InChI=1S/C23H21N11O5S3/c24-22-26-17(30-42-22)14(29-39-12-3-1-2-4-12)18(35)25-15-19(36)34-16(21(37)38)11(10-40-20(15)34)9-33-7-5-13(6-8-33)41-23-27-31-32-28-23/h3,5-8,15,20H,1-2,4,9-10H2,(H4-,24,25,26,27,28,30,31,32,35,37,38)/t15?,20-/m1/s1. The molecule has 3 aromatic heterocycles. The predicted octanol–water partition coefficient (Wildman–Crippen LogP) is -1.04. The van der Waals surface area contributed by atoms with Gasteiger partial charge in [0, 0.05) is 46.3 Å². The van der Waals surface area contributed by atoms with Gasteiger partial charge in [0.15, 0.2) is 24.1 Å². The van der Waals surface area contributed by atoms with Crippen molar-refractivity contribution >= 4 is 63.7 Å². The molecule has 2 amide bonds. The van der Waals surface area contributed by atoms with E-state index in [1.807, 2.05) is 18.2 Å². The monoisotopic (exact) mass is 627 g/mol. The van der Waals surface area contributed by atoms with Crippen molar-refractivity contribution in [3.63, 3.8) is 0 Å². The third-order valence-electron chi connectivity index (χ3n) is 6.42. The van der Waals surface area contributed by atoms with Crippen LogP contribution in [0.4, 0.5) is 5.13 Å². The molecule has 3 aromatic rings. The number of aliphatic carboxylic acids is 1. The number of nitrogen functional groups attached to an aromatic ring is 1. The van der Waals surface area contributed by atoms with Crippen LogP contribution in [-0.2, 0) is 25.8 Å². The first kappa shape index (κ1) is 27.8. The van der Waals surface area contributed by atoms with Crippen LogP contribution >= 0.6 is 35.1 Å². The largest absolute Gasteiger partial charge is 0.543 e. The minimum Gasteiger partial charge on any atom is -0.543 e. The number of carboxylic acid groups (broad SMARTS) is 1. The van der Waals surface area contributed by atoms with Crippen molar-refractivity contribution in [1.82, 2.24) is 40.2 Å². The van der Waals surface area contributed by atoms with Gasteiger partial charge < -0.3 is 25.8 Å². The summed E-state index contributed by atoms with van der Waals surface area (Å²) in [5.41, 5.74) is 5.75. The number of hydrogen-bond acceptors (Lipinski definition) is 15. The molecule has 1 saturated heterocycles. The van der Waals surface area contributed by atoms with E-state index in [4.69, 9.17) is 10.6 Å². The van der Waals surface area contributed by atoms with E-state index in [1.165, 1.54) is 23.5 Å². The number of pyridine rings is 1. The Hall–Kier alpha value is -4.36. The van der Waals surface area contributed by atoms with E-state index < -0.39 is 29.2 Å². The molecule has 5 heterocycles. The predicted molar refractivity (Wildman–Crippen MR) is 146 cm³/mol. The highest BCUT2D eigenvalue weighted by Crippen LogP contribution is 2.40. The van der Waals surface area contributed by atoms with Gasteiger partial charge in [0.05, 0.1) is 11.7 Å². The number of β-lactam (4-membered cyclic amide) rings is 1. The number of carbonyl (C=O) groups is 3. The van der Waals surface area contributed by atoms with Crippen molar-refractivity contribution in [3.05, 3.63) is 53.5 Å². The molecule has 19 heteroatoms. The molecule has 0 spiro atoms. The highest BCUT2D eigenvalue weighted by atomic mass is 32.2. The Kier molecular flexibility index (Phi) is 7.85. The van der Waals surface area contributed by atoms with Crippen LogP contribution in [0.25, 0.3) is 0 Å². The highest BCUT2D eigenvalue weighted by molar-refractivity contribution is 8.00. The fourth-order valence-corrected chi connectivity index (χ4v) is 6.89. The van der Waals surface area contributed by atoms with Gasteiger partial charge in [-0.15, -0.1) is 22.0 Å². The average molecular weight is 628 g/mol. The molecule has 2 atom stereocenters. The number of thioether (sulfide) groups is 1. The number of fused-ring (bicyclic) bond motifs is 1. The molecule has 1 fully saturated rings. The number of nitrogens with two attached hydrogens (primary N) is 1. The zero-order valence-corrected chi connectivity index (χ0v) is 23.9. The van der Waals surface area contributed by atoms with Crippen molar-refractivity contribution in [2.75, 3.05) is 11.5 Å². The lowest BCUT2D eigenvalue weighted by Gasteiger charge is -2.50. The van der Waals surface area contributed by atoms with Crippen LogP contribution in [-0.4, -0.2) is 75.5 Å². The number of rotatable bonds is 10. The maximum atomic E-state index is 13.2. The third-order valence-corrected chi connectivity index (χ3v) is 9.16. The molecule has 0 bridgehead atoms. The van der Waals surface area contributed by atoms with Gasteiger partial charge in [-0.3, -0.25) is 14.5 Å². The molecule has 2 aliphatic heterocycles. The van der Waals surface area contributed by atoms with Crippen LogP contribution < -0.4 is 20.7 Å². The molecule has 16 nitrogen and oxygen atoms in total. The number of tetrazole rings is 1. The van der Waals surface area contributed by atoms with Gasteiger partial charge in [-0.25, -0.2) is 4.57 Å². The van der Waals surface area contributed by atoms with Crippen molar-refractivity contribution < 1.29 is 28.9 Å². The minimum atomic E-state index is -1.47. The molecule has 42 heavy (non-hydrogen) atoms. The molecular formula is C23H21N11O5S3. The number of carbonyl (C=O) groups excluding carboxylic acids is 3. The first-order valence-electron chi connectivity index (χ1n) is 12.5. The Balaban J connectivity index is 1.16. The topological polar surface area (TPSA) is 221 Å². The highest BCUT2D eigenvalue weighted by Gasteiger charge is 2.53. The summed E-state index contributed by atoms with van der Waals surface area (Å²) in [4.78, 5) is 50.1. The summed E-state index contributed by atoms with van der Waals surface area (Å²) in [5, 5.41) is 32.4. The number of carboxylic acids is 1. The summed E-state index contributed by atoms with van der Waals surface area (Å²) in [5.74, 6) is -1.92. The lowest BCUT2D eigenvalue weighted by molar-refractivity contribution is -0.689. The number of allylic oxidation sites excluding steroid dienone is 2. The number of aromatic amines is 1. The number of nitrogens with one attached hydrogen (secondary N) is 2. The van der Waals surface area contributed by atoms with Crippen LogP contribution in [0.1, 0.15) is 25.1 Å². The van der Waals surface area contributed by atoms with Crippen LogP contribution in [0.15, 0.2) is 62.8 Å². The van der Waals surface area contributed by atoms with Gasteiger partial charge in [-0.2, -0.15) is 14.6 Å². The summed E-state index contributed by atoms with van der Waals surface area (Å²) in [6.07, 6.45) is 7.89. The normalized spacial score (nSPS) is 20.2. The Morgan fingerprint density at radius 3 is 2.86 bits per heavy atom. The number of nitrogens with zero attached hydrogens (tertiary/aromatic N) is 8. The Morgan fingerprint density at radius 2 is 2.19 bits per heavy atom. The van der Waals surface area contributed by atoms with Gasteiger partial charge in [0.25, 0.3) is 11.8 Å². The van der Waals surface area contributed by atoms with E-state index in [1.54, 1.807) is 17.0 Å². The fraction of sp³-hybridized carbons (Fsp3) is 0.304. The zero-order chi connectivity index (χ0) is 29.2. The Bertz CT molecular complexity index is 1620. The lowest BCUT2D eigenvalue weighted by atomic mass is 10.0. The van der Waals surface area contributed by atoms with E-state index in [9.17, 15) is 19.5 Å². The third kappa shape index (κ3) is 5.70. The summed E-state index contributed by atoms with van der Waals surface area (Å²) in [6, 6.07) is 2.66. The fourth-order valence-electron chi connectivity index (χ4n) is 4.49. The number of hydrogen-bond donors (Lipinski definition) is 3. The molecule has 0 aromatic carbocycles. The Morgan fingerprint density at radius 1 is 1.36 bits per heavy atom. The number of oxime groups is 1. The van der Waals surface area contributed by atoms with Crippen LogP contribution in [0.5, 0.6) is 0 Å². The van der Waals surface area contributed by atoms with Crippen molar-refractivity contribution in [2.24, 2.45) is 5.16 Å². The van der Waals surface area contributed by atoms with E-state index in [-0.39, 0.29) is 28.9 Å². The maximum absolute atomic E-state index is 13.2. The molecule has 6 rings (SSSR count). The second-order valence-corrected chi connectivity index (χ2v) is 12.1. The molecule has 216 valence electrons. The Labute approximate surface area is 249 Å². The molecule has 4 N–H and O–H groups in total. The van der Waals surface area contributed by atoms with E-state index >= 15 is 0 Å². The summed E-state index contributed by atoms with van der Waals surface area (Å²) >= 11 is 3.53. The molecule has 1 unspecified atom stereocenters. The van der Waals surface area contributed by atoms with Gasteiger partial charge in [-0.05, 0) is 35.9 Å². The summed E-state index contributed by atoms with van der Waals surface area (Å²) < 4.78 is 5.84. The molecule has 1 aliphatic carbocycles. The van der Waals surface area contributed by atoms with Crippen LogP contribution in [0.3, 0.4) is 0 Å². The molecular weight excluding hydrogens is 607 g/mol.